The van der Waals surface area contributed by atoms with Crippen molar-refractivity contribution in [1.82, 2.24) is 0 Å². The van der Waals surface area contributed by atoms with Crippen LogP contribution in [0.25, 0.3) is 55.6 Å². The van der Waals surface area contributed by atoms with Gasteiger partial charge in [-0.25, -0.2) is 0 Å². The molecule has 0 N–H and O–H groups in total. The minimum Gasteiger partial charge on any atom is -0.456 e. The van der Waals surface area contributed by atoms with Gasteiger partial charge in [0.2, 0.25) is 0 Å². The minimum atomic E-state index is -0.145. The van der Waals surface area contributed by atoms with Crippen LogP contribution in [0.15, 0.2) is 176 Å². The summed E-state index contributed by atoms with van der Waals surface area (Å²) >= 11 is 0. The van der Waals surface area contributed by atoms with Crippen LogP contribution in [0.1, 0.15) is 49.9 Å². The summed E-state index contributed by atoms with van der Waals surface area (Å²) in [4.78, 5) is 2.48. The maximum Gasteiger partial charge on any atom is 0.137 e. The first-order valence-electron chi connectivity index (χ1n) is 19.7. The topological polar surface area (TPSA) is 12.5 Å². The minimum absolute atomic E-state index is 0.145. The highest BCUT2D eigenvalue weighted by Gasteiger charge is 2.38. The van der Waals surface area contributed by atoms with Gasteiger partial charge in [0.05, 0.1) is 5.69 Å². The van der Waals surface area contributed by atoms with Crippen molar-refractivity contribution in [1.29, 1.82) is 0 Å². The van der Waals surface area contributed by atoms with E-state index in [1.54, 1.807) is 0 Å². The van der Waals surface area contributed by atoms with Crippen molar-refractivity contribution in [3.8, 4) is 67.1 Å². The van der Waals surface area contributed by atoms with Gasteiger partial charge in [-0.15, -0.1) is 0 Å². The lowest BCUT2D eigenvalue weighted by Crippen LogP contribution is -2.18. The molecular weight excluding hydrogens is 679 g/mol. The Hall–Kier alpha value is -6.64. The third kappa shape index (κ3) is 4.62. The molecule has 0 spiro atoms. The summed E-state index contributed by atoms with van der Waals surface area (Å²) in [5, 5.41) is 0. The normalized spacial score (nSPS) is 14.5. The van der Waals surface area contributed by atoms with Crippen LogP contribution >= 0.6 is 0 Å². The molecule has 8 aromatic rings. The molecule has 2 aliphatic carbocycles. The van der Waals surface area contributed by atoms with E-state index in [2.05, 4.69) is 209 Å². The smallest absolute Gasteiger partial charge is 0.137 e. The molecule has 1 aliphatic heterocycles. The number of hydrogen-bond acceptors (Lipinski definition) is 2. The summed E-state index contributed by atoms with van der Waals surface area (Å²) in [6.07, 6.45) is 0. The second kappa shape index (κ2) is 11.9. The van der Waals surface area contributed by atoms with E-state index in [9.17, 15) is 0 Å². The first-order chi connectivity index (χ1) is 27.3. The van der Waals surface area contributed by atoms with Crippen LogP contribution in [0.3, 0.4) is 0 Å². The summed E-state index contributed by atoms with van der Waals surface area (Å²) in [7, 11) is 0. The van der Waals surface area contributed by atoms with E-state index in [0.29, 0.717) is 0 Å². The fourth-order valence-electron chi connectivity index (χ4n) is 9.94. The maximum absolute atomic E-state index is 7.08. The molecule has 0 saturated heterocycles. The molecule has 0 aromatic heterocycles. The third-order valence-corrected chi connectivity index (χ3v) is 12.7. The molecule has 0 unspecified atom stereocenters. The molecule has 0 fully saturated rings. The second-order valence-corrected chi connectivity index (χ2v) is 16.5. The van der Waals surface area contributed by atoms with Crippen LogP contribution in [0.5, 0.6) is 11.5 Å². The highest BCUT2D eigenvalue weighted by atomic mass is 16.5. The quantitative estimate of drug-likeness (QED) is 0.180. The van der Waals surface area contributed by atoms with Crippen molar-refractivity contribution in [2.24, 2.45) is 0 Å². The van der Waals surface area contributed by atoms with Gasteiger partial charge in [-0.3, -0.25) is 0 Å². The van der Waals surface area contributed by atoms with Gasteiger partial charge in [-0.2, -0.15) is 0 Å². The average molecular weight is 720 g/mol. The standard InChI is InChI=1S/C54H41NO/c1-53(2)44-23-12-10-18-38(44)40-30-28-35(32-46(40)53)55(36-29-31-41-39-19-11-13-24-45(39)54(3,4)47(41)33-36)48-25-15-27-50-52(48)43-21-9-8-20-42(43)51-37(22-14-26-49(51)56-50)34-16-6-5-7-17-34/h5-33H,1-4H3. The molecule has 0 radical (unpaired) electrons. The largest absolute Gasteiger partial charge is 0.456 e. The fourth-order valence-corrected chi connectivity index (χ4v) is 9.94. The SMILES string of the molecule is CC1(C)c2ccccc2-c2ccc(N(c3ccc4c(c3)C(C)(C)c3ccccc3-4)c3cccc4c3-c3ccccc3-c3c(cccc3-c3ccccc3)O4)cc21. The Kier molecular flexibility index (Phi) is 6.98. The summed E-state index contributed by atoms with van der Waals surface area (Å²) in [6, 6.07) is 64.4. The first kappa shape index (κ1) is 32.8. The molecular formula is C54H41NO. The molecule has 2 heteroatoms. The van der Waals surface area contributed by atoms with Gasteiger partial charge in [0.1, 0.15) is 11.5 Å². The molecule has 1 heterocycles. The molecule has 2 nitrogen and oxygen atoms in total. The molecule has 0 amide bonds. The van der Waals surface area contributed by atoms with Crippen molar-refractivity contribution in [3.63, 3.8) is 0 Å². The Morgan fingerprint density at radius 1 is 0.357 bits per heavy atom. The van der Waals surface area contributed by atoms with Crippen LogP contribution in [-0.2, 0) is 10.8 Å². The predicted octanol–water partition coefficient (Wildman–Crippen LogP) is 14.9. The number of hydrogen-bond donors (Lipinski definition) is 0. The Morgan fingerprint density at radius 3 is 1.39 bits per heavy atom. The Balaban J connectivity index is 1.17. The number of ether oxygens (including phenoxy) is 1. The second-order valence-electron chi connectivity index (χ2n) is 16.5. The number of anilines is 3. The van der Waals surface area contributed by atoms with E-state index in [0.717, 1.165) is 56.4 Å². The molecule has 0 bridgehead atoms. The van der Waals surface area contributed by atoms with Crippen LogP contribution in [0, 0.1) is 0 Å². The fraction of sp³-hybridized carbons (Fsp3) is 0.111. The summed E-state index contributed by atoms with van der Waals surface area (Å²) in [6.45, 7) is 9.45. The van der Waals surface area contributed by atoms with Crippen LogP contribution in [0.2, 0.25) is 0 Å². The zero-order valence-corrected chi connectivity index (χ0v) is 32.1. The van der Waals surface area contributed by atoms with Crippen molar-refractivity contribution in [2.75, 3.05) is 4.90 Å². The molecule has 3 aliphatic rings. The number of fused-ring (bicyclic) bond motifs is 11. The number of benzene rings is 8. The van der Waals surface area contributed by atoms with Gasteiger partial charge in [0.15, 0.2) is 0 Å². The predicted molar refractivity (Wildman–Crippen MR) is 233 cm³/mol. The van der Waals surface area contributed by atoms with Crippen LogP contribution < -0.4 is 9.64 Å². The lowest BCUT2D eigenvalue weighted by Gasteiger charge is -2.31. The summed E-state index contributed by atoms with van der Waals surface area (Å²) < 4.78 is 7.08. The Bertz CT molecular complexity index is 2790. The lowest BCUT2D eigenvalue weighted by atomic mass is 9.82. The monoisotopic (exact) mass is 719 g/mol. The van der Waals surface area contributed by atoms with Crippen LogP contribution in [-0.4, -0.2) is 0 Å². The van der Waals surface area contributed by atoms with Gasteiger partial charge in [-0.05, 0) is 109 Å². The Labute approximate surface area is 329 Å². The van der Waals surface area contributed by atoms with Crippen molar-refractivity contribution in [2.45, 2.75) is 38.5 Å². The average Bonchev–Trinajstić information content (AvgIpc) is 3.52. The number of nitrogens with zero attached hydrogens (tertiary/aromatic N) is 1. The van der Waals surface area contributed by atoms with E-state index in [-0.39, 0.29) is 10.8 Å². The maximum atomic E-state index is 7.08. The lowest BCUT2D eigenvalue weighted by molar-refractivity contribution is 0.488. The van der Waals surface area contributed by atoms with E-state index in [1.165, 1.54) is 50.1 Å². The highest BCUT2D eigenvalue weighted by Crippen LogP contribution is 2.57. The molecule has 11 rings (SSSR count). The van der Waals surface area contributed by atoms with Gasteiger partial charge >= 0.3 is 0 Å². The zero-order chi connectivity index (χ0) is 37.8. The molecule has 56 heavy (non-hydrogen) atoms. The number of rotatable bonds is 4. The van der Waals surface area contributed by atoms with Crippen molar-refractivity contribution < 1.29 is 4.74 Å². The molecule has 268 valence electrons. The first-order valence-corrected chi connectivity index (χ1v) is 19.7. The highest BCUT2D eigenvalue weighted by molar-refractivity contribution is 6.03. The van der Waals surface area contributed by atoms with Gasteiger partial charge < -0.3 is 9.64 Å². The van der Waals surface area contributed by atoms with E-state index in [4.69, 9.17) is 4.74 Å². The van der Waals surface area contributed by atoms with Gasteiger partial charge in [0, 0.05) is 33.3 Å². The summed E-state index contributed by atoms with van der Waals surface area (Å²) in [5.41, 5.74) is 20.5. The van der Waals surface area contributed by atoms with Gasteiger partial charge in [-0.1, -0.05) is 161 Å². The van der Waals surface area contributed by atoms with Gasteiger partial charge in [0.25, 0.3) is 0 Å². The summed E-state index contributed by atoms with van der Waals surface area (Å²) in [5.74, 6) is 1.70. The molecule has 8 aromatic carbocycles. The van der Waals surface area contributed by atoms with Crippen LogP contribution in [0.4, 0.5) is 17.1 Å². The van der Waals surface area contributed by atoms with E-state index in [1.807, 2.05) is 0 Å². The van der Waals surface area contributed by atoms with E-state index >= 15 is 0 Å². The third-order valence-electron chi connectivity index (χ3n) is 12.7. The molecule has 0 atom stereocenters. The van der Waals surface area contributed by atoms with Crippen molar-refractivity contribution >= 4 is 17.1 Å². The van der Waals surface area contributed by atoms with Crippen molar-refractivity contribution in [3.05, 3.63) is 198 Å². The Morgan fingerprint density at radius 2 is 0.804 bits per heavy atom. The van der Waals surface area contributed by atoms with E-state index < -0.39 is 0 Å². The zero-order valence-electron chi connectivity index (χ0n) is 32.1. The molecule has 0 saturated carbocycles.